The number of nitrogens with zero attached hydrogens (tertiary/aromatic N) is 1. The topological polar surface area (TPSA) is 194 Å². The van der Waals surface area contributed by atoms with Gasteiger partial charge in [0.25, 0.3) is 5.91 Å². The molecule has 0 bridgehead atoms. The normalized spacial score (nSPS) is 27.4. The van der Waals surface area contributed by atoms with E-state index in [1.807, 2.05) is 24.3 Å². The summed E-state index contributed by atoms with van der Waals surface area (Å²) in [6.45, 7) is 6.32. The molecule has 0 radical (unpaired) electrons. The predicted octanol–water partition coefficient (Wildman–Crippen LogP) is 2.75. The van der Waals surface area contributed by atoms with Gasteiger partial charge in [-0.2, -0.15) is 0 Å². The maximum atomic E-state index is 14.3. The van der Waals surface area contributed by atoms with Gasteiger partial charge in [0.15, 0.2) is 11.4 Å². The fourth-order valence-electron chi connectivity index (χ4n) is 7.76. The van der Waals surface area contributed by atoms with Crippen molar-refractivity contribution in [2.45, 2.75) is 76.2 Å². The molecule has 4 aliphatic carbocycles. The molecular formula is C36H43N3O8. The zero-order valence-corrected chi connectivity index (χ0v) is 27.3. The van der Waals surface area contributed by atoms with Crippen LogP contribution >= 0.6 is 0 Å². The first kappa shape index (κ1) is 32.7. The minimum Gasteiger partial charge on any atom is -0.510 e. The Balaban J connectivity index is 1.52. The number of aliphatic hydroxyl groups is 4. The standard InChI is InChI=1S/C36H43N3O8/c1-35(2,3)20-10-8-16(9-11-20)21-13-19(15-38-34(46)17-6-7-17)28(40)25-22(21)12-18-14-23-27(39(4)5)30(42)26(33(37)45)32(44)36(23,47)31(43)24(18)29(25)41/h8-11,13,17-18,23,27,32,40-42,44,47H,6-7,12,14-15H2,1-5H3,(H2,37,45)(H,38,46)/t18-,23-,27?,32+,36-/m0/s1. The van der Waals surface area contributed by atoms with Crippen molar-refractivity contribution in [3.05, 3.63) is 69.5 Å². The lowest BCUT2D eigenvalue weighted by molar-refractivity contribution is -0.170. The zero-order valence-electron chi connectivity index (χ0n) is 27.3. The van der Waals surface area contributed by atoms with Crippen molar-refractivity contribution in [1.82, 2.24) is 10.2 Å². The second-order valence-electron chi connectivity index (χ2n) is 14.7. The minimum absolute atomic E-state index is 0.0111. The highest BCUT2D eigenvalue weighted by Crippen LogP contribution is 2.54. The van der Waals surface area contributed by atoms with Gasteiger partial charge in [-0.3, -0.25) is 19.3 Å². The number of hydrogen-bond donors (Lipinski definition) is 7. The molecule has 4 aliphatic rings. The number of benzene rings is 2. The molecule has 5 atom stereocenters. The number of Topliss-reactive ketones (excluding diaryl/α,β-unsaturated/α-hetero) is 1. The van der Waals surface area contributed by atoms with Crippen molar-refractivity contribution in [1.29, 1.82) is 0 Å². The molecule has 47 heavy (non-hydrogen) atoms. The number of hydrogen-bond acceptors (Lipinski definition) is 9. The van der Waals surface area contributed by atoms with Gasteiger partial charge in [-0.25, -0.2) is 0 Å². The van der Waals surface area contributed by atoms with Gasteiger partial charge >= 0.3 is 0 Å². The Morgan fingerprint density at radius 1 is 1.09 bits per heavy atom. The third kappa shape index (κ3) is 5.12. The number of nitrogens with one attached hydrogen (secondary N) is 1. The van der Waals surface area contributed by atoms with Crippen LogP contribution in [0.4, 0.5) is 0 Å². The predicted molar refractivity (Wildman–Crippen MR) is 174 cm³/mol. The number of nitrogens with two attached hydrogens (primary N) is 1. The van der Waals surface area contributed by atoms with Gasteiger partial charge in [-0.1, -0.05) is 45.0 Å². The smallest absolute Gasteiger partial charge is 0.250 e. The molecule has 250 valence electrons. The summed E-state index contributed by atoms with van der Waals surface area (Å²) >= 11 is 0. The van der Waals surface area contributed by atoms with Crippen LogP contribution in [-0.4, -0.2) is 79.9 Å². The summed E-state index contributed by atoms with van der Waals surface area (Å²) in [5.74, 6) is -5.46. The molecule has 0 spiro atoms. The van der Waals surface area contributed by atoms with Crippen LogP contribution in [-0.2, 0) is 32.8 Å². The molecule has 0 aromatic heterocycles. The number of carbonyl (C=O) groups is 3. The highest BCUT2D eigenvalue weighted by Gasteiger charge is 2.64. The van der Waals surface area contributed by atoms with Gasteiger partial charge in [0.05, 0.1) is 17.2 Å². The summed E-state index contributed by atoms with van der Waals surface area (Å²) in [4.78, 5) is 40.7. The SMILES string of the molecule is CN(C)C1C(O)=C(C(N)=O)[C@@H](O)[C@@]2(O)C(=O)C3=C(O)c4c(O)c(CNC(=O)C5CC5)cc(-c5ccc(C(C)(C)C)cc5)c4C[C@H]3C[C@@H]12. The molecule has 1 unspecified atom stereocenters. The third-order valence-corrected chi connectivity index (χ3v) is 10.5. The molecule has 0 aliphatic heterocycles. The van der Waals surface area contributed by atoms with Crippen molar-refractivity contribution in [2.24, 2.45) is 23.5 Å². The van der Waals surface area contributed by atoms with E-state index in [1.165, 1.54) is 0 Å². The van der Waals surface area contributed by atoms with Crippen molar-refractivity contribution in [3.63, 3.8) is 0 Å². The Morgan fingerprint density at radius 2 is 1.72 bits per heavy atom. The first-order chi connectivity index (χ1) is 22.0. The summed E-state index contributed by atoms with van der Waals surface area (Å²) in [5.41, 5.74) is 5.53. The number of carbonyl (C=O) groups excluding carboxylic acids is 3. The Labute approximate surface area is 273 Å². The van der Waals surface area contributed by atoms with Crippen LogP contribution in [0.15, 0.2) is 47.2 Å². The van der Waals surface area contributed by atoms with E-state index in [0.717, 1.165) is 24.0 Å². The molecule has 2 saturated carbocycles. The van der Waals surface area contributed by atoms with E-state index < -0.39 is 58.4 Å². The molecule has 2 aromatic carbocycles. The van der Waals surface area contributed by atoms with Gasteiger partial charge in [0.2, 0.25) is 5.91 Å². The summed E-state index contributed by atoms with van der Waals surface area (Å²) < 4.78 is 0. The number of aliphatic hydroxyl groups excluding tert-OH is 3. The van der Waals surface area contributed by atoms with Crippen LogP contribution in [0.2, 0.25) is 0 Å². The Morgan fingerprint density at radius 3 is 2.28 bits per heavy atom. The number of rotatable bonds is 6. The highest BCUT2D eigenvalue weighted by atomic mass is 16.4. The second kappa shape index (κ2) is 11.2. The fraction of sp³-hybridized carbons (Fsp3) is 0.472. The van der Waals surface area contributed by atoms with Crippen LogP contribution in [0.1, 0.15) is 62.3 Å². The van der Waals surface area contributed by atoms with Crippen molar-refractivity contribution in [2.75, 3.05) is 14.1 Å². The van der Waals surface area contributed by atoms with Gasteiger partial charge < -0.3 is 36.6 Å². The molecule has 11 heteroatoms. The first-order valence-electron chi connectivity index (χ1n) is 16.0. The summed E-state index contributed by atoms with van der Waals surface area (Å²) in [5, 5.41) is 60.7. The average Bonchev–Trinajstić information content (AvgIpc) is 3.84. The molecule has 2 aromatic rings. The lowest BCUT2D eigenvalue weighted by atomic mass is 9.56. The van der Waals surface area contributed by atoms with Crippen LogP contribution < -0.4 is 11.1 Å². The van der Waals surface area contributed by atoms with E-state index >= 15 is 0 Å². The van der Waals surface area contributed by atoms with Gasteiger partial charge in [-0.15, -0.1) is 0 Å². The number of ketones is 1. The number of phenols is 1. The van der Waals surface area contributed by atoms with Crippen molar-refractivity contribution >= 4 is 23.4 Å². The quantitative estimate of drug-likeness (QED) is 0.247. The van der Waals surface area contributed by atoms with Crippen LogP contribution in [0.3, 0.4) is 0 Å². The number of amides is 2. The fourth-order valence-corrected chi connectivity index (χ4v) is 7.76. The number of primary amides is 1. The molecular weight excluding hydrogens is 602 g/mol. The van der Waals surface area contributed by atoms with Gasteiger partial charge in [-0.05, 0) is 79.4 Å². The lowest BCUT2D eigenvalue weighted by Crippen LogP contribution is -2.68. The number of likely N-dealkylation sites (N-methyl/N-ethyl adjacent to an activating group) is 1. The highest BCUT2D eigenvalue weighted by molar-refractivity contribution is 6.11. The van der Waals surface area contributed by atoms with Gasteiger partial charge in [0, 0.05) is 29.5 Å². The van der Waals surface area contributed by atoms with Crippen molar-refractivity contribution in [3.8, 4) is 16.9 Å². The van der Waals surface area contributed by atoms with Gasteiger partial charge in [0.1, 0.15) is 23.4 Å². The van der Waals surface area contributed by atoms with E-state index in [1.54, 1.807) is 25.1 Å². The zero-order chi connectivity index (χ0) is 34.3. The van der Waals surface area contributed by atoms with E-state index in [4.69, 9.17) is 5.73 Å². The molecule has 0 saturated heterocycles. The second-order valence-corrected chi connectivity index (χ2v) is 14.7. The van der Waals surface area contributed by atoms with E-state index in [0.29, 0.717) is 16.7 Å². The summed E-state index contributed by atoms with van der Waals surface area (Å²) in [7, 11) is 3.23. The van der Waals surface area contributed by atoms with Crippen LogP contribution in [0, 0.1) is 17.8 Å². The maximum Gasteiger partial charge on any atom is 0.250 e. The molecule has 11 nitrogen and oxygen atoms in total. The third-order valence-electron chi connectivity index (χ3n) is 10.5. The number of aromatic hydroxyl groups is 1. The molecule has 6 rings (SSSR count). The monoisotopic (exact) mass is 645 g/mol. The van der Waals surface area contributed by atoms with Crippen molar-refractivity contribution < 1.29 is 39.9 Å². The Kier molecular flexibility index (Phi) is 7.81. The number of fused-ring (bicyclic) bond motifs is 3. The minimum atomic E-state index is -2.60. The van der Waals surface area contributed by atoms with E-state index in [-0.39, 0.29) is 53.5 Å². The maximum absolute atomic E-state index is 14.3. The van der Waals surface area contributed by atoms with Crippen LogP contribution in [0.25, 0.3) is 16.9 Å². The van der Waals surface area contributed by atoms with E-state index in [2.05, 4.69) is 26.1 Å². The molecule has 2 fully saturated rings. The average molecular weight is 646 g/mol. The summed E-state index contributed by atoms with van der Waals surface area (Å²) in [6.07, 6.45) is -0.294. The first-order valence-corrected chi connectivity index (χ1v) is 16.0. The lowest BCUT2D eigenvalue weighted by Gasteiger charge is -2.53. The van der Waals surface area contributed by atoms with E-state index in [9.17, 15) is 39.9 Å². The Bertz CT molecular complexity index is 1750. The van der Waals surface area contributed by atoms with Crippen LogP contribution in [0.5, 0.6) is 5.75 Å². The largest absolute Gasteiger partial charge is 0.510 e. The summed E-state index contributed by atoms with van der Waals surface area (Å²) in [6, 6.07) is 8.74. The number of phenolic OH excluding ortho intramolecular Hbond substituents is 1. The molecule has 8 N–H and O–H groups in total. The molecule has 0 heterocycles. The molecule has 2 amide bonds. The Hall–Kier alpha value is -4.19.